The van der Waals surface area contributed by atoms with Gasteiger partial charge in [-0.05, 0) is 50.6 Å². The summed E-state index contributed by atoms with van der Waals surface area (Å²) in [4.78, 5) is 17.8. The number of benzene rings is 1. The molecule has 2 fully saturated rings. The molecular formula is C18H25BrN2O. The number of hydrogen-bond acceptors (Lipinski definition) is 2. The van der Waals surface area contributed by atoms with Crippen molar-refractivity contribution in [3.63, 3.8) is 0 Å². The van der Waals surface area contributed by atoms with Gasteiger partial charge in [0, 0.05) is 24.1 Å². The van der Waals surface area contributed by atoms with E-state index in [1.54, 1.807) is 0 Å². The number of halogens is 1. The predicted octanol–water partition coefficient (Wildman–Crippen LogP) is 3.43. The number of nitrogens with zero attached hydrogens (tertiary/aromatic N) is 2. The fraction of sp³-hybridized carbons (Fsp3) is 0.611. The molecule has 0 radical (unpaired) electrons. The summed E-state index contributed by atoms with van der Waals surface area (Å²) < 4.78 is 1.08. The molecule has 4 heteroatoms. The third-order valence-corrected chi connectivity index (χ3v) is 5.80. The molecule has 3 rings (SSSR count). The van der Waals surface area contributed by atoms with Gasteiger partial charge in [0.15, 0.2) is 0 Å². The molecule has 0 spiro atoms. The van der Waals surface area contributed by atoms with Gasteiger partial charge >= 0.3 is 0 Å². The number of rotatable bonds is 2. The van der Waals surface area contributed by atoms with Crippen molar-refractivity contribution in [1.82, 2.24) is 9.80 Å². The lowest BCUT2D eigenvalue weighted by atomic mass is 9.77. The molecule has 1 aliphatic carbocycles. The van der Waals surface area contributed by atoms with Crippen molar-refractivity contribution in [1.29, 1.82) is 0 Å². The highest BCUT2D eigenvalue weighted by atomic mass is 79.9. The van der Waals surface area contributed by atoms with Gasteiger partial charge in [0.1, 0.15) is 0 Å². The van der Waals surface area contributed by atoms with Gasteiger partial charge < -0.3 is 9.80 Å². The fourth-order valence-electron chi connectivity index (χ4n) is 3.93. The Morgan fingerprint density at radius 3 is 2.36 bits per heavy atom. The Morgan fingerprint density at radius 1 is 1.00 bits per heavy atom. The maximum absolute atomic E-state index is 13.4. The van der Waals surface area contributed by atoms with Crippen LogP contribution in [0.1, 0.15) is 37.7 Å². The van der Waals surface area contributed by atoms with Crippen LogP contribution in [0.15, 0.2) is 28.7 Å². The highest BCUT2D eigenvalue weighted by Crippen LogP contribution is 2.43. The van der Waals surface area contributed by atoms with Gasteiger partial charge in [-0.25, -0.2) is 0 Å². The van der Waals surface area contributed by atoms with Gasteiger partial charge in [0.2, 0.25) is 5.91 Å². The van der Waals surface area contributed by atoms with Crippen molar-refractivity contribution in [2.24, 2.45) is 0 Å². The van der Waals surface area contributed by atoms with Crippen LogP contribution in [-0.2, 0) is 10.2 Å². The lowest BCUT2D eigenvalue weighted by molar-refractivity contribution is -0.137. The van der Waals surface area contributed by atoms with E-state index < -0.39 is 0 Å². The first kappa shape index (κ1) is 16.0. The van der Waals surface area contributed by atoms with Crippen molar-refractivity contribution >= 4 is 21.8 Å². The largest absolute Gasteiger partial charge is 0.341 e. The molecule has 0 N–H and O–H groups in total. The van der Waals surface area contributed by atoms with Crippen molar-refractivity contribution in [2.45, 2.75) is 37.5 Å². The second-order valence-electron chi connectivity index (χ2n) is 6.75. The molecule has 1 aromatic carbocycles. The summed E-state index contributed by atoms with van der Waals surface area (Å²) in [6.07, 6.45) is 5.41. The van der Waals surface area contributed by atoms with E-state index in [-0.39, 0.29) is 5.41 Å². The zero-order valence-corrected chi connectivity index (χ0v) is 14.9. The van der Waals surface area contributed by atoms with Crippen LogP contribution < -0.4 is 0 Å². The van der Waals surface area contributed by atoms with Gasteiger partial charge in [-0.1, -0.05) is 40.9 Å². The van der Waals surface area contributed by atoms with E-state index >= 15 is 0 Å². The molecule has 1 aliphatic heterocycles. The van der Waals surface area contributed by atoms with E-state index in [0.717, 1.165) is 62.8 Å². The number of hydrogen-bond donors (Lipinski definition) is 0. The van der Waals surface area contributed by atoms with Crippen LogP contribution in [0.4, 0.5) is 0 Å². The number of carbonyl (C=O) groups is 1. The van der Waals surface area contributed by atoms with Gasteiger partial charge in [-0.3, -0.25) is 4.79 Å². The van der Waals surface area contributed by atoms with Crippen molar-refractivity contribution < 1.29 is 4.79 Å². The van der Waals surface area contributed by atoms with Crippen LogP contribution >= 0.6 is 15.9 Å². The summed E-state index contributed by atoms with van der Waals surface area (Å²) in [7, 11) is 2.15. The van der Waals surface area contributed by atoms with E-state index in [1.165, 1.54) is 5.56 Å². The normalized spacial score (nSPS) is 22.5. The zero-order valence-electron chi connectivity index (χ0n) is 13.4. The molecule has 120 valence electrons. The summed E-state index contributed by atoms with van der Waals surface area (Å²) in [5.41, 5.74) is 0.930. The number of likely N-dealkylation sites (N-methyl/N-ethyl adjacent to an activating group) is 1. The standard InChI is InChI=1S/C18H25BrN2O/c1-20-11-4-12-21(14-13-20)17(22)18(9-2-3-10-18)15-5-7-16(19)8-6-15/h5-8H,2-4,9-14H2,1H3. The third kappa shape index (κ3) is 3.09. The Balaban J connectivity index is 1.86. The number of carbonyl (C=O) groups excluding carboxylic acids is 1. The molecule has 0 unspecified atom stereocenters. The predicted molar refractivity (Wildman–Crippen MR) is 93.0 cm³/mol. The van der Waals surface area contributed by atoms with Crippen molar-refractivity contribution in [2.75, 3.05) is 33.2 Å². The van der Waals surface area contributed by atoms with E-state index in [1.807, 2.05) is 0 Å². The minimum absolute atomic E-state index is 0.274. The van der Waals surface area contributed by atoms with Gasteiger partial charge in [-0.2, -0.15) is 0 Å². The van der Waals surface area contributed by atoms with Crippen LogP contribution in [0, 0.1) is 0 Å². The van der Waals surface area contributed by atoms with Crippen LogP contribution in [0.5, 0.6) is 0 Å². The van der Waals surface area contributed by atoms with E-state index in [9.17, 15) is 4.79 Å². The second-order valence-corrected chi connectivity index (χ2v) is 7.66. The summed E-state index contributed by atoms with van der Waals surface area (Å²) in [5.74, 6) is 0.364. The van der Waals surface area contributed by atoms with Gasteiger partial charge in [0.05, 0.1) is 5.41 Å². The first-order valence-corrected chi connectivity index (χ1v) is 9.15. The van der Waals surface area contributed by atoms with Crippen molar-refractivity contribution in [3.05, 3.63) is 34.3 Å². The highest BCUT2D eigenvalue weighted by Gasteiger charge is 2.44. The highest BCUT2D eigenvalue weighted by molar-refractivity contribution is 9.10. The maximum atomic E-state index is 13.4. The third-order valence-electron chi connectivity index (χ3n) is 5.27. The minimum Gasteiger partial charge on any atom is -0.341 e. The Bertz CT molecular complexity index is 522. The molecular weight excluding hydrogens is 340 g/mol. The Labute approximate surface area is 141 Å². The molecule has 0 atom stereocenters. The molecule has 1 saturated heterocycles. The molecule has 22 heavy (non-hydrogen) atoms. The Morgan fingerprint density at radius 2 is 1.68 bits per heavy atom. The lowest BCUT2D eigenvalue weighted by Crippen LogP contribution is -2.46. The molecule has 2 aliphatic rings. The maximum Gasteiger partial charge on any atom is 0.233 e. The van der Waals surface area contributed by atoms with E-state index in [4.69, 9.17) is 0 Å². The van der Waals surface area contributed by atoms with E-state index in [2.05, 4.69) is 57.0 Å². The topological polar surface area (TPSA) is 23.6 Å². The first-order chi connectivity index (χ1) is 10.6. The van der Waals surface area contributed by atoms with Crippen LogP contribution in [0.25, 0.3) is 0 Å². The monoisotopic (exact) mass is 364 g/mol. The first-order valence-electron chi connectivity index (χ1n) is 8.36. The average molecular weight is 365 g/mol. The second kappa shape index (κ2) is 6.71. The molecule has 0 bridgehead atoms. The van der Waals surface area contributed by atoms with Crippen LogP contribution in [-0.4, -0.2) is 48.9 Å². The minimum atomic E-state index is -0.274. The SMILES string of the molecule is CN1CCCN(C(=O)C2(c3ccc(Br)cc3)CCCC2)CC1. The summed E-state index contributed by atoms with van der Waals surface area (Å²) in [6.45, 7) is 3.85. The van der Waals surface area contributed by atoms with Crippen molar-refractivity contribution in [3.8, 4) is 0 Å². The molecule has 1 aromatic rings. The summed E-state index contributed by atoms with van der Waals surface area (Å²) in [6, 6.07) is 8.41. The lowest BCUT2D eigenvalue weighted by Gasteiger charge is -2.34. The molecule has 3 nitrogen and oxygen atoms in total. The molecule has 1 heterocycles. The fourth-order valence-corrected chi connectivity index (χ4v) is 4.19. The summed E-state index contributed by atoms with van der Waals surface area (Å²) in [5, 5.41) is 0. The number of amides is 1. The summed E-state index contributed by atoms with van der Waals surface area (Å²) >= 11 is 3.50. The van der Waals surface area contributed by atoms with Crippen LogP contribution in [0.3, 0.4) is 0 Å². The Hall–Kier alpha value is -0.870. The van der Waals surface area contributed by atoms with Gasteiger partial charge in [0.25, 0.3) is 0 Å². The van der Waals surface area contributed by atoms with E-state index in [0.29, 0.717) is 5.91 Å². The average Bonchev–Trinajstić information content (AvgIpc) is 2.92. The van der Waals surface area contributed by atoms with Crippen LogP contribution in [0.2, 0.25) is 0 Å². The smallest absolute Gasteiger partial charge is 0.233 e. The van der Waals surface area contributed by atoms with Gasteiger partial charge in [-0.15, -0.1) is 0 Å². The zero-order chi connectivity index (χ0) is 15.6. The molecule has 0 aromatic heterocycles. The quantitative estimate of drug-likeness (QED) is 0.802. The molecule has 1 amide bonds. The Kier molecular flexibility index (Phi) is 4.88. The molecule has 1 saturated carbocycles.